The molecule has 0 radical (unpaired) electrons. The van der Waals surface area contributed by atoms with Crippen LogP contribution < -0.4 is 5.73 Å². The lowest BCUT2D eigenvalue weighted by molar-refractivity contribution is -0.141. The lowest BCUT2D eigenvalue weighted by Gasteiger charge is -2.15. The minimum absolute atomic E-state index is 0.557. The lowest BCUT2D eigenvalue weighted by Crippen LogP contribution is -2.23. The molecular formula is C10H13NO3. The standard InChI is InChI=1S/C10H13NO3/c1-6(12)9(10(13)14)7-2-4-8(11)5-3-7/h2-6,9,12H,11H2,1H3,(H,13,14). The van der Waals surface area contributed by atoms with Gasteiger partial charge in [0.1, 0.15) is 5.92 Å². The molecule has 1 aromatic carbocycles. The minimum atomic E-state index is -1.04. The molecule has 0 amide bonds. The van der Waals surface area contributed by atoms with Crippen LogP contribution in [0.3, 0.4) is 0 Å². The van der Waals surface area contributed by atoms with Gasteiger partial charge in [-0.25, -0.2) is 0 Å². The maximum absolute atomic E-state index is 10.8. The maximum atomic E-state index is 10.8. The Labute approximate surface area is 82.0 Å². The molecule has 4 heteroatoms. The van der Waals surface area contributed by atoms with Crippen LogP contribution in [0.5, 0.6) is 0 Å². The third-order valence-electron chi connectivity index (χ3n) is 2.04. The summed E-state index contributed by atoms with van der Waals surface area (Å²) in [6, 6.07) is 6.46. The number of carbonyl (C=O) groups is 1. The van der Waals surface area contributed by atoms with Gasteiger partial charge in [-0.1, -0.05) is 12.1 Å². The predicted molar refractivity (Wildman–Crippen MR) is 52.9 cm³/mol. The Morgan fingerprint density at radius 1 is 1.36 bits per heavy atom. The number of hydrogen-bond donors (Lipinski definition) is 3. The second-order valence-corrected chi connectivity index (χ2v) is 3.22. The molecule has 0 fully saturated rings. The van der Waals surface area contributed by atoms with E-state index in [9.17, 15) is 9.90 Å². The highest BCUT2D eigenvalue weighted by atomic mass is 16.4. The van der Waals surface area contributed by atoms with Crippen molar-refractivity contribution in [3.63, 3.8) is 0 Å². The van der Waals surface area contributed by atoms with Crippen molar-refractivity contribution in [1.29, 1.82) is 0 Å². The van der Waals surface area contributed by atoms with E-state index in [1.165, 1.54) is 6.92 Å². The summed E-state index contributed by atoms with van der Waals surface area (Å²) in [4.78, 5) is 10.8. The topological polar surface area (TPSA) is 83.5 Å². The average Bonchev–Trinajstić information content (AvgIpc) is 2.07. The number of aliphatic hydroxyl groups excluding tert-OH is 1. The van der Waals surface area contributed by atoms with Crippen LogP contribution in [-0.4, -0.2) is 22.3 Å². The third kappa shape index (κ3) is 2.23. The Hall–Kier alpha value is -1.55. The molecule has 0 aliphatic carbocycles. The summed E-state index contributed by atoms with van der Waals surface area (Å²) in [6.45, 7) is 1.45. The summed E-state index contributed by atoms with van der Waals surface area (Å²) in [7, 11) is 0. The van der Waals surface area contributed by atoms with Crippen molar-refractivity contribution in [1.82, 2.24) is 0 Å². The summed E-state index contributed by atoms with van der Waals surface area (Å²) < 4.78 is 0. The molecular weight excluding hydrogens is 182 g/mol. The van der Waals surface area contributed by atoms with E-state index in [-0.39, 0.29) is 0 Å². The molecule has 0 aliphatic rings. The smallest absolute Gasteiger partial charge is 0.313 e. The van der Waals surface area contributed by atoms with E-state index < -0.39 is 18.0 Å². The number of aliphatic carboxylic acids is 1. The van der Waals surface area contributed by atoms with Crippen LogP contribution in [-0.2, 0) is 4.79 Å². The number of carboxylic acids is 1. The van der Waals surface area contributed by atoms with Crippen molar-refractivity contribution < 1.29 is 15.0 Å². The average molecular weight is 195 g/mol. The van der Waals surface area contributed by atoms with Gasteiger partial charge in [-0.15, -0.1) is 0 Å². The van der Waals surface area contributed by atoms with Crippen molar-refractivity contribution in [2.24, 2.45) is 0 Å². The first-order valence-corrected chi connectivity index (χ1v) is 4.28. The molecule has 1 rings (SSSR count). The van der Waals surface area contributed by atoms with Gasteiger partial charge >= 0.3 is 5.97 Å². The first-order chi connectivity index (χ1) is 6.52. The minimum Gasteiger partial charge on any atom is -0.481 e. The van der Waals surface area contributed by atoms with E-state index in [4.69, 9.17) is 10.8 Å². The van der Waals surface area contributed by atoms with E-state index >= 15 is 0 Å². The molecule has 14 heavy (non-hydrogen) atoms. The van der Waals surface area contributed by atoms with Crippen LogP contribution in [0.15, 0.2) is 24.3 Å². The summed E-state index contributed by atoms with van der Waals surface area (Å²) >= 11 is 0. The number of anilines is 1. The van der Waals surface area contributed by atoms with Crippen LogP contribution in [0.1, 0.15) is 18.4 Å². The molecule has 76 valence electrons. The van der Waals surface area contributed by atoms with Gasteiger partial charge in [0.2, 0.25) is 0 Å². The zero-order valence-corrected chi connectivity index (χ0v) is 7.84. The lowest BCUT2D eigenvalue weighted by atomic mass is 9.94. The molecule has 0 aromatic heterocycles. The van der Waals surface area contributed by atoms with Crippen molar-refractivity contribution in [3.05, 3.63) is 29.8 Å². The van der Waals surface area contributed by atoms with Crippen molar-refractivity contribution >= 4 is 11.7 Å². The zero-order chi connectivity index (χ0) is 10.7. The number of rotatable bonds is 3. The third-order valence-corrected chi connectivity index (χ3v) is 2.04. The second-order valence-electron chi connectivity index (χ2n) is 3.22. The van der Waals surface area contributed by atoms with Gasteiger partial charge in [0.15, 0.2) is 0 Å². The number of nitrogen functional groups attached to an aromatic ring is 1. The Morgan fingerprint density at radius 3 is 2.21 bits per heavy atom. The summed E-state index contributed by atoms with van der Waals surface area (Å²) in [5.74, 6) is -1.93. The van der Waals surface area contributed by atoms with Gasteiger partial charge in [0.25, 0.3) is 0 Å². The molecule has 1 aromatic rings. The van der Waals surface area contributed by atoms with Gasteiger partial charge in [0, 0.05) is 5.69 Å². The van der Waals surface area contributed by atoms with Gasteiger partial charge < -0.3 is 15.9 Å². The largest absolute Gasteiger partial charge is 0.481 e. The van der Waals surface area contributed by atoms with Crippen molar-refractivity contribution in [3.8, 4) is 0 Å². The molecule has 2 unspecified atom stereocenters. The Morgan fingerprint density at radius 2 is 1.86 bits per heavy atom. The Kier molecular flexibility index (Phi) is 3.09. The van der Waals surface area contributed by atoms with Crippen LogP contribution in [0.2, 0.25) is 0 Å². The van der Waals surface area contributed by atoms with Gasteiger partial charge in [0.05, 0.1) is 6.10 Å². The first kappa shape index (κ1) is 10.5. The van der Waals surface area contributed by atoms with E-state index in [0.29, 0.717) is 11.3 Å². The predicted octanol–water partition coefficient (Wildman–Crippen LogP) is 0.818. The fraction of sp³-hybridized carbons (Fsp3) is 0.300. The van der Waals surface area contributed by atoms with Gasteiger partial charge in [-0.2, -0.15) is 0 Å². The Bertz CT molecular complexity index is 319. The summed E-state index contributed by atoms with van der Waals surface area (Å²) in [6.07, 6.45) is -0.920. The molecule has 0 spiro atoms. The van der Waals surface area contributed by atoms with E-state index in [1.54, 1.807) is 24.3 Å². The summed E-state index contributed by atoms with van der Waals surface area (Å²) in [5.41, 5.74) is 6.60. The van der Waals surface area contributed by atoms with Gasteiger partial charge in [-0.3, -0.25) is 4.79 Å². The molecule has 0 bridgehead atoms. The number of carboxylic acid groups (broad SMARTS) is 1. The molecule has 2 atom stereocenters. The number of benzene rings is 1. The van der Waals surface area contributed by atoms with Crippen LogP contribution in [0.25, 0.3) is 0 Å². The fourth-order valence-electron chi connectivity index (χ4n) is 1.33. The maximum Gasteiger partial charge on any atom is 0.313 e. The van der Waals surface area contributed by atoms with E-state index in [0.717, 1.165) is 0 Å². The van der Waals surface area contributed by atoms with E-state index in [2.05, 4.69) is 0 Å². The quantitative estimate of drug-likeness (QED) is 0.623. The highest BCUT2D eigenvalue weighted by molar-refractivity contribution is 5.77. The number of hydrogen-bond acceptors (Lipinski definition) is 3. The SMILES string of the molecule is CC(O)C(C(=O)O)c1ccc(N)cc1. The molecule has 0 saturated carbocycles. The van der Waals surface area contributed by atoms with Gasteiger partial charge in [-0.05, 0) is 24.6 Å². The first-order valence-electron chi connectivity index (χ1n) is 4.28. The number of nitrogens with two attached hydrogens (primary N) is 1. The number of aliphatic hydroxyl groups is 1. The highest BCUT2D eigenvalue weighted by Gasteiger charge is 2.24. The van der Waals surface area contributed by atoms with Crippen LogP contribution in [0, 0.1) is 0 Å². The van der Waals surface area contributed by atoms with Crippen molar-refractivity contribution in [2.75, 3.05) is 5.73 Å². The molecule has 0 saturated heterocycles. The highest BCUT2D eigenvalue weighted by Crippen LogP contribution is 2.21. The van der Waals surface area contributed by atoms with Crippen LogP contribution in [0.4, 0.5) is 5.69 Å². The van der Waals surface area contributed by atoms with Crippen molar-refractivity contribution in [2.45, 2.75) is 18.9 Å². The zero-order valence-electron chi connectivity index (χ0n) is 7.84. The molecule has 4 N–H and O–H groups in total. The van der Waals surface area contributed by atoms with E-state index in [1.807, 2.05) is 0 Å². The molecule has 4 nitrogen and oxygen atoms in total. The second kappa shape index (κ2) is 4.11. The fourth-order valence-corrected chi connectivity index (χ4v) is 1.33. The van der Waals surface area contributed by atoms with Crippen LogP contribution >= 0.6 is 0 Å². The molecule has 0 heterocycles. The summed E-state index contributed by atoms with van der Waals surface area (Å²) in [5, 5.41) is 18.2. The Balaban J connectivity index is 3.00. The molecule has 0 aliphatic heterocycles. The monoisotopic (exact) mass is 195 g/mol. The normalized spacial score (nSPS) is 14.7.